The lowest BCUT2D eigenvalue weighted by molar-refractivity contribution is 0.197. The summed E-state index contributed by atoms with van der Waals surface area (Å²) < 4.78 is 0. The zero-order valence-corrected chi connectivity index (χ0v) is 11.7. The Hall–Kier alpha value is -0.0800. The summed E-state index contributed by atoms with van der Waals surface area (Å²) in [6.45, 7) is 12.9. The Morgan fingerprint density at radius 2 is 1.40 bits per heavy atom. The maximum atomic E-state index is 2.45. The van der Waals surface area contributed by atoms with Crippen LogP contribution in [0.2, 0.25) is 0 Å². The smallest absolute Gasteiger partial charge is 0.0106 e. The molecule has 0 rings (SSSR count). The molecule has 0 fully saturated rings. The van der Waals surface area contributed by atoms with Crippen molar-refractivity contribution in [2.45, 2.75) is 27.7 Å². The van der Waals surface area contributed by atoms with Gasteiger partial charge in [-0.1, -0.05) is 27.7 Å². The van der Waals surface area contributed by atoms with E-state index in [0.29, 0.717) is 0 Å². The van der Waals surface area contributed by atoms with Crippen LogP contribution in [0.3, 0.4) is 0 Å². The fraction of sp³-hybridized carbons (Fsp3) is 1.00. The van der Waals surface area contributed by atoms with E-state index in [1.807, 2.05) is 0 Å². The molecular formula is C13H30N2. The maximum Gasteiger partial charge on any atom is 0.0106 e. The molecule has 0 amide bonds. The predicted octanol–water partition coefficient (Wildman–Crippen LogP) is 2.41. The zero-order chi connectivity index (χ0) is 12.0. The molecule has 2 unspecified atom stereocenters. The van der Waals surface area contributed by atoms with E-state index in [1.54, 1.807) is 0 Å². The number of rotatable bonds is 7. The van der Waals surface area contributed by atoms with E-state index >= 15 is 0 Å². The second-order valence-electron chi connectivity index (χ2n) is 5.65. The van der Waals surface area contributed by atoms with Crippen molar-refractivity contribution in [3.8, 4) is 0 Å². The average Bonchev–Trinajstić information content (AvgIpc) is 2.13. The largest absolute Gasteiger partial charge is 0.308 e. The first-order valence-electron chi connectivity index (χ1n) is 6.17. The maximum absolute atomic E-state index is 2.45. The van der Waals surface area contributed by atoms with Crippen LogP contribution in [-0.2, 0) is 0 Å². The normalized spacial score (nSPS) is 16.4. The van der Waals surface area contributed by atoms with Gasteiger partial charge in [0.2, 0.25) is 0 Å². The first-order chi connectivity index (χ1) is 6.84. The van der Waals surface area contributed by atoms with Crippen LogP contribution < -0.4 is 0 Å². The third-order valence-corrected chi connectivity index (χ3v) is 3.48. The van der Waals surface area contributed by atoms with Crippen molar-refractivity contribution in [3.05, 3.63) is 0 Å². The molecule has 0 aromatic rings. The number of hydrogen-bond acceptors (Lipinski definition) is 2. The van der Waals surface area contributed by atoms with Crippen LogP contribution in [0.25, 0.3) is 0 Å². The molecule has 0 heterocycles. The number of hydrogen-bond donors (Lipinski definition) is 0. The van der Waals surface area contributed by atoms with Crippen LogP contribution in [0.15, 0.2) is 0 Å². The Morgan fingerprint density at radius 1 is 0.867 bits per heavy atom. The molecule has 0 aliphatic carbocycles. The molecule has 0 saturated heterocycles. The Labute approximate surface area is 96.6 Å². The summed E-state index contributed by atoms with van der Waals surface area (Å²) >= 11 is 0. The van der Waals surface area contributed by atoms with E-state index < -0.39 is 0 Å². The van der Waals surface area contributed by atoms with Crippen molar-refractivity contribution in [1.82, 2.24) is 9.80 Å². The Kier molecular flexibility index (Phi) is 7.20. The Balaban J connectivity index is 3.80. The zero-order valence-electron chi connectivity index (χ0n) is 11.7. The highest BCUT2D eigenvalue weighted by Crippen LogP contribution is 2.20. The molecule has 0 aliphatic heterocycles. The van der Waals surface area contributed by atoms with Crippen molar-refractivity contribution in [3.63, 3.8) is 0 Å². The van der Waals surface area contributed by atoms with Gasteiger partial charge in [-0.2, -0.15) is 0 Å². The van der Waals surface area contributed by atoms with Gasteiger partial charge in [-0.15, -0.1) is 0 Å². The number of nitrogens with zero attached hydrogens (tertiary/aromatic N) is 2. The molecule has 0 aromatic heterocycles. The standard InChI is InChI=1S/C13H30N2/c1-11(2)13(4)12(3)10-15(7)9-8-14(5)6/h11-13H,8-10H2,1-7H3. The topological polar surface area (TPSA) is 6.48 Å². The molecule has 0 bridgehead atoms. The van der Waals surface area contributed by atoms with Gasteiger partial charge in [0.15, 0.2) is 0 Å². The van der Waals surface area contributed by atoms with Crippen molar-refractivity contribution in [2.75, 3.05) is 40.8 Å². The minimum atomic E-state index is 0.789. The minimum Gasteiger partial charge on any atom is -0.308 e. The van der Waals surface area contributed by atoms with Crippen LogP contribution in [0.4, 0.5) is 0 Å². The monoisotopic (exact) mass is 214 g/mol. The van der Waals surface area contributed by atoms with Crippen molar-refractivity contribution in [2.24, 2.45) is 17.8 Å². The van der Waals surface area contributed by atoms with E-state index in [1.165, 1.54) is 13.1 Å². The summed E-state index contributed by atoms with van der Waals surface area (Å²) in [4.78, 5) is 4.69. The summed E-state index contributed by atoms with van der Waals surface area (Å²) in [6.07, 6.45) is 0. The fourth-order valence-corrected chi connectivity index (χ4v) is 1.78. The Morgan fingerprint density at radius 3 is 1.80 bits per heavy atom. The summed E-state index contributed by atoms with van der Waals surface area (Å²) in [6, 6.07) is 0. The van der Waals surface area contributed by atoms with Crippen molar-refractivity contribution < 1.29 is 0 Å². The van der Waals surface area contributed by atoms with Gasteiger partial charge < -0.3 is 9.80 Å². The van der Waals surface area contributed by atoms with Crippen LogP contribution in [0.5, 0.6) is 0 Å². The second-order valence-corrected chi connectivity index (χ2v) is 5.65. The molecule has 15 heavy (non-hydrogen) atoms. The molecule has 0 N–H and O–H groups in total. The lowest BCUT2D eigenvalue weighted by Gasteiger charge is -2.28. The van der Waals surface area contributed by atoms with Gasteiger partial charge in [0.1, 0.15) is 0 Å². The third kappa shape index (κ3) is 6.91. The van der Waals surface area contributed by atoms with Gasteiger partial charge in [0.05, 0.1) is 0 Å². The highest BCUT2D eigenvalue weighted by atomic mass is 15.1. The highest BCUT2D eigenvalue weighted by Gasteiger charge is 2.17. The number of likely N-dealkylation sites (N-methyl/N-ethyl adjacent to an activating group) is 2. The van der Waals surface area contributed by atoms with E-state index in [4.69, 9.17) is 0 Å². The summed E-state index contributed by atoms with van der Waals surface area (Å²) in [7, 11) is 6.50. The molecule has 0 aliphatic rings. The van der Waals surface area contributed by atoms with Crippen molar-refractivity contribution >= 4 is 0 Å². The van der Waals surface area contributed by atoms with Gasteiger partial charge in [-0.3, -0.25) is 0 Å². The molecule has 0 saturated carbocycles. The average molecular weight is 214 g/mol. The lowest BCUT2D eigenvalue weighted by Crippen LogP contribution is -2.34. The van der Waals surface area contributed by atoms with Crippen LogP contribution >= 0.6 is 0 Å². The van der Waals surface area contributed by atoms with Crippen LogP contribution in [-0.4, -0.2) is 50.6 Å². The summed E-state index contributed by atoms with van der Waals surface area (Å²) in [5.41, 5.74) is 0. The third-order valence-electron chi connectivity index (χ3n) is 3.48. The highest BCUT2D eigenvalue weighted by molar-refractivity contribution is 4.68. The van der Waals surface area contributed by atoms with Crippen LogP contribution in [0.1, 0.15) is 27.7 Å². The summed E-state index contributed by atoms with van der Waals surface area (Å²) in [5.74, 6) is 2.39. The molecule has 2 nitrogen and oxygen atoms in total. The SMILES string of the molecule is CC(C)C(C)C(C)CN(C)CCN(C)C. The van der Waals surface area contributed by atoms with Gasteiger partial charge in [-0.05, 0) is 38.9 Å². The molecule has 0 aromatic carbocycles. The molecular weight excluding hydrogens is 184 g/mol. The Bertz CT molecular complexity index is 155. The molecule has 0 spiro atoms. The van der Waals surface area contributed by atoms with Gasteiger partial charge in [-0.25, -0.2) is 0 Å². The minimum absolute atomic E-state index is 0.789. The van der Waals surface area contributed by atoms with E-state index in [9.17, 15) is 0 Å². The van der Waals surface area contributed by atoms with Gasteiger partial charge >= 0.3 is 0 Å². The van der Waals surface area contributed by atoms with E-state index in [2.05, 4.69) is 58.6 Å². The first-order valence-corrected chi connectivity index (χ1v) is 6.17. The molecule has 0 radical (unpaired) electrons. The lowest BCUT2D eigenvalue weighted by atomic mass is 9.86. The van der Waals surface area contributed by atoms with Crippen molar-refractivity contribution in [1.29, 1.82) is 0 Å². The predicted molar refractivity (Wildman–Crippen MR) is 69.2 cm³/mol. The second kappa shape index (κ2) is 7.24. The fourth-order valence-electron chi connectivity index (χ4n) is 1.78. The molecule has 2 heteroatoms. The van der Waals surface area contributed by atoms with E-state index in [-0.39, 0.29) is 0 Å². The molecule has 2 atom stereocenters. The summed E-state index contributed by atoms with van der Waals surface area (Å²) in [5, 5.41) is 0. The van der Waals surface area contributed by atoms with Gasteiger partial charge in [0, 0.05) is 19.6 Å². The quantitative estimate of drug-likeness (QED) is 0.642. The molecule has 92 valence electrons. The van der Waals surface area contributed by atoms with E-state index in [0.717, 1.165) is 24.3 Å². The first kappa shape index (κ1) is 14.9. The van der Waals surface area contributed by atoms with Gasteiger partial charge in [0.25, 0.3) is 0 Å². The van der Waals surface area contributed by atoms with Crippen LogP contribution in [0, 0.1) is 17.8 Å².